The van der Waals surface area contributed by atoms with E-state index in [9.17, 15) is 4.79 Å². The molecule has 0 saturated carbocycles. The predicted molar refractivity (Wildman–Crippen MR) is 85.7 cm³/mol. The number of aromatic nitrogens is 1. The summed E-state index contributed by atoms with van der Waals surface area (Å²) in [6, 6.07) is 3.85. The van der Waals surface area contributed by atoms with E-state index >= 15 is 0 Å². The van der Waals surface area contributed by atoms with Crippen molar-refractivity contribution in [2.45, 2.75) is 38.8 Å². The second-order valence-corrected chi connectivity index (χ2v) is 5.73. The Bertz CT molecular complexity index is 408. The first kappa shape index (κ1) is 17.6. The third-order valence-electron chi connectivity index (χ3n) is 3.36. The number of amides is 1. The van der Waals surface area contributed by atoms with Gasteiger partial charge < -0.3 is 15.5 Å². The van der Waals surface area contributed by atoms with Gasteiger partial charge >= 0.3 is 0 Å². The highest BCUT2D eigenvalue weighted by Crippen LogP contribution is 2.08. The highest BCUT2D eigenvalue weighted by Gasteiger charge is 2.17. The molecule has 0 aliphatic rings. The fourth-order valence-electron chi connectivity index (χ4n) is 2.15. The molecule has 0 saturated heterocycles. The number of hydrogen-bond donors (Lipinski definition) is 1. The van der Waals surface area contributed by atoms with Crippen LogP contribution in [0.4, 0.5) is 0 Å². The van der Waals surface area contributed by atoms with Gasteiger partial charge in [-0.3, -0.25) is 9.78 Å². The highest BCUT2D eigenvalue weighted by atomic mass is 16.2. The van der Waals surface area contributed by atoms with Crippen LogP contribution in [-0.2, 0) is 11.3 Å². The Kier molecular flexibility index (Phi) is 7.93. The minimum absolute atomic E-state index is 0.0433. The SMILES string of the molecule is CCCC(N)CC(=O)N(CCN(C)C)Cc1cccnc1. The molecule has 1 aromatic heterocycles. The predicted octanol–water partition coefficient (Wildman–Crippen LogP) is 1.49. The van der Waals surface area contributed by atoms with Gasteiger partial charge in [0.2, 0.25) is 5.91 Å². The van der Waals surface area contributed by atoms with Gasteiger partial charge in [0.05, 0.1) is 0 Å². The van der Waals surface area contributed by atoms with Crippen LogP contribution in [0.25, 0.3) is 0 Å². The quantitative estimate of drug-likeness (QED) is 0.749. The van der Waals surface area contributed by atoms with Crippen LogP contribution < -0.4 is 5.73 Å². The number of likely N-dealkylation sites (N-methyl/N-ethyl adjacent to an activating group) is 1. The van der Waals surface area contributed by atoms with Crippen molar-refractivity contribution in [3.8, 4) is 0 Å². The molecule has 1 rings (SSSR count). The Morgan fingerprint density at radius 3 is 2.71 bits per heavy atom. The summed E-state index contributed by atoms with van der Waals surface area (Å²) in [5, 5.41) is 0. The fraction of sp³-hybridized carbons (Fsp3) is 0.625. The average molecular weight is 292 g/mol. The van der Waals surface area contributed by atoms with E-state index in [0.29, 0.717) is 19.5 Å². The maximum absolute atomic E-state index is 12.5. The van der Waals surface area contributed by atoms with E-state index in [0.717, 1.165) is 24.9 Å². The molecule has 0 aromatic carbocycles. The Labute approximate surface area is 128 Å². The maximum Gasteiger partial charge on any atom is 0.224 e. The first-order valence-electron chi connectivity index (χ1n) is 7.60. The van der Waals surface area contributed by atoms with Crippen LogP contribution in [0.5, 0.6) is 0 Å². The number of nitrogens with two attached hydrogens (primary N) is 1. The van der Waals surface area contributed by atoms with E-state index in [4.69, 9.17) is 5.73 Å². The number of nitrogens with zero attached hydrogens (tertiary/aromatic N) is 3. The van der Waals surface area contributed by atoms with Crippen LogP contribution in [0.2, 0.25) is 0 Å². The molecule has 0 spiro atoms. The molecule has 1 aromatic rings. The second-order valence-electron chi connectivity index (χ2n) is 5.73. The van der Waals surface area contributed by atoms with Crippen molar-refractivity contribution in [1.82, 2.24) is 14.8 Å². The first-order valence-corrected chi connectivity index (χ1v) is 7.60. The van der Waals surface area contributed by atoms with Gasteiger partial charge in [0.15, 0.2) is 0 Å². The minimum Gasteiger partial charge on any atom is -0.337 e. The van der Waals surface area contributed by atoms with Crippen molar-refractivity contribution in [1.29, 1.82) is 0 Å². The molecular formula is C16H28N4O. The standard InChI is InChI=1S/C16H28N4O/c1-4-6-15(17)11-16(21)20(10-9-19(2)3)13-14-7-5-8-18-12-14/h5,7-8,12,15H,4,6,9-11,13,17H2,1-3H3. The summed E-state index contributed by atoms with van der Waals surface area (Å²) in [6.07, 6.45) is 5.87. The summed E-state index contributed by atoms with van der Waals surface area (Å²) in [4.78, 5) is 20.5. The van der Waals surface area contributed by atoms with E-state index in [-0.39, 0.29) is 11.9 Å². The van der Waals surface area contributed by atoms with Gasteiger partial charge in [-0.05, 0) is 32.1 Å². The van der Waals surface area contributed by atoms with E-state index in [2.05, 4.69) is 16.8 Å². The first-order chi connectivity index (χ1) is 10.0. The minimum atomic E-state index is -0.0433. The lowest BCUT2D eigenvalue weighted by Crippen LogP contribution is -2.39. The smallest absolute Gasteiger partial charge is 0.224 e. The van der Waals surface area contributed by atoms with Gasteiger partial charge in [-0.2, -0.15) is 0 Å². The van der Waals surface area contributed by atoms with Gasteiger partial charge in [0.1, 0.15) is 0 Å². The molecular weight excluding hydrogens is 264 g/mol. The molecule has 0 radical (unpaired) electrons. The van der Waals surface area contributed by atoms with E-state index in [1.54, 1.807) is 6.20 Å². The van der Waals surface area contributed by atoms with Gasteiger partial charge in [0.25, 0.3) is 0 Å². The third kappa shape index (κ3) is 7.20. The molecule has 5 nitrogen and oxygen atoms in total. The van der Waals surface area contributed by atoms with Crippen LogP contribution >= 0.6 is 0 Å². The normalized spacial score (nSPS) is 12.4. The second kappa shape index (κ2) is 9.47. The number of pyridine rings is 1. The molecule has 1 heterocycles. The largest absolute Gasteiger partial charge is 0.337 e. The van der Waals surface area contributed by atoms with Crippen molar-refractivity contribution in [3.63, 3.8) is 0 Å². The number of hydrogen-bond acceptors (Lipinski definition) is 4. The van der Waals surface area contributed by atoms with Crippen LogP contribution in [0.1, 0.15) is 31.7 Å². The maximum atomic E-state index is 12.5. The molecule has 1 amide bonds. The van der Waals surface area contributed by atoms with Crippen LogP contribution in [0, 0.1) is 0 Å². The molecule has 118 valence electrons. The van der Waals surface area contributed by atoms with Gasteiger partial charge in [-0.25, -0.2) is 0 Å². The lowest BCUT2D eigenvalue weighted by atomic mass is 10.1. The lowest BCUT2D eigenvalue weighted by molar-refractivity contribution is -0.132. The zero-order chi connectivity index (χ0) is 15.7. The van der Waals surface area contributed by atoms with Crippen molar-refractivity contribution in [3.05, 3.63) is 30.1 Å². The molecule has 21 heavy (non-hydrogen) atoms. The number of carbonyl (C=O) groups excluding carboxylic acids is 1. The molecule has 0 aliphatic heterocycles. The van der Waals surface area contributed by atoms with E-state index < -0.39 is 0 Å². The van der Waals surface area contributed by atoms with Crippen LogP contribution in [0.15, 0.2) is 24.5 Å². The summed E-state index contributed by atoms with van der Waals surface area (Å²) >= 11 is 0. The Balaban J connectivity index is 2.64. The fourth-order valence-corrected chi connectivity index (χ4v) is 2.15. The average Bonchev–Trinajstić information content (AvgIpc) is 2.44. The Morgan fingerprint density at radius 2 is 2.14 bits per heavy atom. The summed E-state index contributed by atoms with van der Waals surface area (Å²) in [5.41, 5.74) is 7.05. The van der Waals surface area contributed by atoms with E-state index in [1.807, 2.05) is 37.3 Å². The van der Waals surface area contributed by atoms with Crippen LogP contribution in [0.3, 0.4) is 0 Å². The van der Waals surface area contributed by atoms with Crippen LogP contribution in [-0.4, -0.2) is 53.9 Å². The summed E-state index contributed by atoms with van der Waals surface area (Å²) in [6.45, 7) is 4.23. The van der Waals surface area contributed by atoms with Crippen molar-refractivity contribution >= 4 is 5.91 Å². The zero-order valence-corrected chi connectivity index (χ0v) is 13.5. The monoisotopic (exact) mass is 292 g/mol. The van der Waals surface area contributed by atoms with Crippen molar-refractivity contribution < 1.29 is 4.79 Å². The van der Waals surface area contributed by atoms with Gasteiger partial charge in [-0.1, -0.05) is 19.4 Å². The molecule has 0 aliphatic carbocycles. The van der Waals surface area contributed by atoms with Gasteiger partial charge in [0, 0.05) is 44.5 Å². The highest BCUT2D eigenvalue weighted by molar-refractivity contribution is 5.76. The molecule has 1 atom stereocenters. The molecule has 1 unspecified atom stereocenters. The van der Waals surface area contributed by atoms with Crippen molar-refractivity contribution in [2.75, 3.05) is 27.2 Å². The molecule has 2 N–H and O–H groups in total. The topological polar surface area (TPSA) is 62.5 Å². The number of rotatable bonds is 9. The Hall–Kier alpha value is -1.46. The summed E-state index contributed by atoms with van der Waals surface area (Å²) in [5.74, 6) is 0.127. The zero-order valence-electron chi connectivity index (χ0n) is 13.5. The van der Waals surface area contributed by atoms with Crippen molar-refractivity contribution in [2.24, 2.45) is 5.73 Å². The molecule has 0 bridgehead atoms. The summed E-state index contributed by atoms with van der Waals surface area (Å²) in [7, 11) is 4.02. The number of carbonyl (C=O) groups is 1. The molecule has 0 fully saturated rings. The van der Waals surface area contributed by atoms with Gasteiger partial charge in [-0.15, -0.1) is 0 Å². The third-order valence-corrected chi connectivity index (χ3v) is 3.36. The lowest BCUT2D eigenvalue weighted by Gasteiger charge is -2.25. The molecule has 5 heteroatoms. The van der Waals surface area contributed by atoms with E-state index in [1.165, 1.54) is 0 Å². The Morgan fingerprint density at radius 1 is 1.38 bits per heavy atom. The summed E-state index contributed by atoms with van der Waals surface area (Å²) < 4.78 is 0.